The number of thioether (sulfide) groups is 1. The molecule has 0 saturated heterocycles. The van der Waals surface area contributed by atoms with Crippen molar-refractivity contribution in [3.05, 3.63) is 70.2 Å². The van der Waals surface area contributed by atoms with Crippen LogP contribution < -0.4 is 0 Å². The minimum absolute atomic E-state index is 0.0302. The summed E-state index contributed by atoms with van der Waals surface area (Å²) in [4.78, 5) is 24.6. The highest BCUT2D eigenvalue weighted by Gasteiger charge is 2.37. The number of rotatable bonds is 10. The summed E-state index contributed by atoms with van der Waals surface area (Å²) in [7, 11) is 0. The van der Waals surface area contributed by atoms with Crippen LogP contribution in [0.4, 0.5) is 0 Å². The van der Waals surface area contributed by atoms with Gasteiger partial charge in [0, 0.05) is 17.1 Å². The molecule has 0 radical (unpaired) electrons. The third-order valence-corrected chi connectivity index (χ3v) is 7.15. The first-order valence-corrected chi connectivity index (χ1v) is 12.0. The monoisotopic (exact) mass is 490 g/mol. The second kappa shape index (κ2) is 11.1. The number of halogens is 1. The van der Waals surface area contributed by atoms with E-state index in [1.54, 1.807) is 6.92 Å². The average molecular weight is 491 g/mol. The van der Waals surface area contributed by atoms with Crippen molar-refractivity contribution in [1.82, 2.24) is 0 Å². The quantitative estimate of drug-likeness (QED) is 0.338. The van der Waals surface area contributed by atoms with Crippen LogP contribution in [0.15, 0.2) is 59.1 Å². The average Bonchev–Trinajstić information content (AvgIpc) is 2.71. The van der Waals surface area contributed by atoms with Gasteiger partial charge in [-0.15, -0.1) is 0 Å². The van der Waals surface area contributed by atoms with E-state index in [-0.39, 0.29) is 23.1 Å². The Bertz CT molecular complexity index is 850. The van der Waals surface area contributed by atoms with Gasteiger partial charge < -0.3 is 4.74 Å². The molecule has 0 N–H and O–H groups in total. The number of esters is 1. The molecular formula is C25H31BrO3S. The van der Waals surface area contributed by atoms with Gasteiger partial charge in [-0.25, -0.2) is 0 Å². The largest absolute Gasteiger partial charge is 0.460 e. The number of hydrogen-bond donors (Lipinski definition) is 0. The van der Waals surface area contributed by atoms with E-state index in [1.165, 1.54) is 11.8 Å². The second-order valence-corrected chi connectivity index (χ2v) is 10.8. The zero-order chi connectivity index (χ0) is 22.2. The Morgan fingerprint density at radius 2 is 1.70 bits per heavy atom. The number of benzene rings is 2. The number of hydrogen-bond acceptors (Lipinski definition) is 4. The lowest BCUT2D eigenvalue weighted by atomic mass is 9.76. The molecule has 2 aromatic rings. The molecule has 2 rings (SSSR count). The van der Waals surface area contributed by atoms with Crippen LogP contribution in [0.1, 0.15) is 58.1 Å². The molecule has 0 aliphatic heterocycles. The van der Waals surface area contributed by atoms with E-state index in [2.05, 4.69) is 29.8 Å². The topological polar surface area (TPSA) is 43.4 Å². The molecule has 0 spiro atoms. The van der Waals surface area contributed by atoms with Gasteiger partial charge in [0.1, 0.15) is 6.61 Å². The molecule has 0 aliphatic rings. The highest BCUT2D eigenvalue weighted by molar-refractivity contribution is 9.10. The normalized spacial score (nSPS) is 13.5. The maximum atomic E-state index is 13.2. The molecule has 0 aromatic heterocycles. The fraction of sp³-hybridized carbons (Fsp3) is 0.440. The lowest BCUT2D eigenvalue weighted by molar-refractivity contribution is -0.151. The molecule has 0 amide bonds. The number of ether oxygens (including phenoxy) is 1. The van der Waals surface area contributed by atoms with Gasteiger partial charge in [0.05, 0.1) is 5.41 Å². The zero-order valence-electron chi connectivity index (χ0n) is 18.2. The Morgan fingerprint density at radius 1 is 1.00 bits per heavy atom. The van der Waals surface area contributed by atoms with Crippen molar-refractivity contribution < 1.29 is 14.3 Å². The summed E-state index contributed by atoms with van der Waals surface area (Å²) in [5.74, 6) is 0.578. The van der Waals surface area contributed by atoms with Crippen molar-refractivity contribution >= 4 is 38.8 Å². The first-order chi connectivity index (χ1) is 14.1. The molecule has 162 valence electrons. The molecule has 2 aromatic carbocycles. The molecule has 0 heterocycles. The third-order valence-electron chi connectivity index (χ3n) is 5.32. The van der Waals surface area contributed by atoms with Crippen molar-refractivity contribution in [3.63, 3.8) is 0 Å². The number of carbonyl (C=O) groups excluding carboxylic acids is 2. The van der Waals surface area contributed by atoms with Crippen molar-refractivity contribution in [2.24, 2.45) is 5.41 Å². The van der Waals surface area contributed by atoms with Crippen LogP contribution in [-0.2, 0) is 26.3 Å². The molecule has 0 fully saturated rings. The van der Waals surface area contributed by atoms with E-state index in [4.69, 9.17) is 4.74 Å². The lowest BCUT2D eigenvalue weighted by Crippen LogP contribution is -2.35. The van der Waals surface area contributed by atoms with Gasteiger partial charge in [0.2, 0.25) is 0 Å². The number of carbonyl (C=O) groups is 2. The molecule has 0 saturated carbocycles. The van der Waals surface area contributed by atoms with Crippen LogP contribution >= 0.6 is 27.7 Å². The van der Waals surface area contributed by atoms with Crippen LogP contribution in [-0.4, -0.2) is 16.8 Å². The smallest absolute Gasteiger partial charge is 0.316 e. The standard InChI is InChI=1S/C25H31BrO3S/c1-19(27)30-18-24(2,3)14-9-15-25(4,21-12-8-13-22(26)16-21)23(28)29-17-20-10-6-5-7-11-20/h5-8,10-13,16H,9,14-15,17-18H2,1-4H3. The van der Waals surface area contributed by atoms with Gasteiger partial charge in [-0.1, -0.05) is 90.4 Å². The Hall–Kier alpha value is -1.59. The first kappa shape index (κ1) is 24.7. The first-order valence-electron chi connectivity index (χ1n) is 10.2. The SMILES string of the molecule is CC(=O)SCC(C)(C)CCCC(C)(C(=O)OCc1ccccc1)c1cccc(Br)c1. The van der Waals surface area contributed by atoms with Crippen molar-refractivity contribution in [2.75, 3.05) is 5.75 Å². The fourth-order valence-electron chi connectivity index (χ4n) is 3.37. The molecular weight excluding hydrogens is 460 g/mol. The highest BCUT2D eigenvalue weighted by atomic mass is 79.9. The maximum Gasteiger partial charge on any atom is 0.316 e. The molecule has 0 bridgehead atoms. The van der Waals surface area contributed by atoms with Crippen molar-refractivity contribution in [2.45, 2.75) is 59.0 Å². The van der Waals surface area contributed by atoms with E-state index in [1.807, 2.05) is 61.5 Å². The van der Waals surface area contributed by atoms with E-state index < -0.39 is 5.41 Å². The summed E-state index contributed by atoms with van der Waals surface area (Å²) in [6, 6.07) is 17.7. The van der Waals surface area contributed by atoms with Gasteiger partial charge in [0.15, 0.2) is 5.12 Å². The maximum absolute atomic E-state index is 13.2. The fourth-order valence-corrected chi connectivity index (χ4v) is 4.51. The third kappa shape index (κ3) is 7.59. The van der Waals surface area contributed by atoms with E-state index in [9.17, 15) is 9.59 Å². The van der Waals surface area contributed by atoms with Gasteiger partial charge in [0.25, 0.3) is 0 Å². The van der Waals surface area contributed by atoms with Gasteiger partial charge in [-0.2, -0.15) is 0 Å². The Kier molecular flexibility index (Phi) is 9.17. The summed E-state index contributed by atoms with van der Waals surface area (Å²) in [6.45, 7) is 8.19. The predicted molar refractivity (Wildman–Crippen MR) is 129 cm³/mol. The van der Waals surface area contributed by atoms with Crippen LogP contribution in [0.3, 0.4) is 0 Å². The second-order valence-electron chi connectivity index (χ2n) is 8.70. The van der Waals surface area contributed by atoms with Gasteiger partial charge in [-0.3, -0.25) is 9.59 Å². The predicted octanol–water partition coefficient (Wildman–Crippen LogP) is 6.93. The molecule has 0 aliphatic carbocycles. The molecule has 30 heavy (non-hydrogen) atoms. The molecule has 5 heteroatoms. The molecule has 3 nitrogen and oxygen atoms in total. The van der Waals surface area contributed by atoms with E-state index >= 15 is 0 Å². The van der Waals surface area contributed by atoms with Crippen molar-refractivity contribution in [1.29, 1.82) is 0 Å². The zero-order valence-corrected chi connectivity index (χ0v) is 20.6. The van der Waals surface area contributed by atoms with E-state index in [0.29, 0.717) is 6.42 Å². The van der Waals surface area contributed by atoms with Crippen LogP contribution in [0.25, 0.3) is 0 Å². The Morgan fingerprint density at radius 3 is 2.33 bits per heavy atom. The van der Waals surface area contributed by atoms with E-state index in [0.717, 1.165) is 34.2 Å². The van der Waals surface area contributed by atoms with Crippen molar-refractivity contribution in [3.8, 4) is 0 Å². The lowest BCUT2D eigenvalue weighted by Gasteiger charge is -2.30. The van der Waals surface area contributed by atoms with Crippen LogP contribution in [0.5, 0.6) is 0 Å². The Balaban J connectivity index is 2.11. The summed E-state index contributed by atoms with van der Waals surface area (Å²) in [5.41, 5.74) is 1.22. The molecule has 1 unspecified atom stereocenters. The summed E-state index contributed by atoms with van der Waals surface area (Å²) < 4.78 is 6.69. The summed E-state index contributed by atoms with van der Waals surface area (Å²) >= 11 is 4.90. The minimum Gasteiger partial charge on any atom is -0.460 e. The summed E-state index contributed by atoms with van der Waals surface area (Å²) in [6.07, 6.45) is 2.49. The summed E-state index contributed by atoms with van der Waals surface area (Å²) in [5, 5.41) is 0.145. The van der Waals surface area contributed by atoms with Gasteiger partial charge in [-0.05, 0) is 48.4 Å². The highest BCUT2D eigenvalue weighted by Crippen LogP contribution is 2.36. The van der Waals surface area contributed by atoms with Gasteiger partial charge >= 0.3 is 5.97 Å². The molecule has 1 atom stereocenters. The Labute approximate surface area is 193 Å². The van der Waals surface area contributed by atoms with Crippen LogP contribution in [0.2, 0.25) is 0 Å². The minimum atomic E-state index is -0.734. The van der Waals surface area contributed by atoms with Crippen LogP contribution in [0, 0.1) is 5.41 Å².